The molecule has 7 nitrogen and oxygen atoms in total. The molecule has 0 aliphatic carbocycles. The highest BCUT2D eigenvalue weighted by atomic mass is 16.1. The molecular formula is C17H20N6O. The normalized spacial score (nSPS) is 14.3. The van der Waals surface area contributed by atoms with E-state index in [1.807, 2.05) is 16.7 Å². The van der Waals surface area contributed by atoms with Crippen molar-refractivity contribution in [1.82, 2.24) is 29.5 Å². The van der Waals surface area contributed by atoms with Gasteiger partial charge in [0.25, 0.3) is 5.91 Å². The first-order valence-electron chi connectivity index (χ1n) is 8.43. The maximum Gasteiger partial charge on any atom is 0.252 e. The molecule has 0 aromatic carbocycles. The molecule has 1 aliphatic heterocycles. The van der Waals surface area contributed by atoms with Crippen LogP contribution in [0.25, 0.3) is 5.65 Å². The molecule has 1 amide bonds. The number of aromatic nitrogens is 5. The first kappa shape index (κ1) is 14.9. The Morgan fingerprint density at radius 2 is 2.17 bits per heavy atom. The van der Waals surface area contributed by atoms with Gasteiger partial charge in [-0.05, 0) is 25.0 Å². The third kappa shape index (κ3) is 2.89. The Hall–Kier alpha value is -2.70. The van der Waals surface area contributed by atoms with Gasteiger partial charge in [0.05, 0.1) is 5.56 Å². The number of amides is 1. The van der Waals surface area contributed by atoms with Crippen molar-refractivity contribution in [2.45, 2.75) is 38.6 Å². The van der Waals surface area contributed by atoms with Gasteiger partial charge >= 0.3 is 0 Å². The topological polar surface area (TPSA) is 77.1 Å². The molecule has 1 N–H and O–H groups in total. The fourth-order valence-corrected chi connectivity index (χ4v) is 3.17. The number of aryl methyl sites for hydroxylation is 1. The molecule has 3 aromatic heterocycles. The zero-order valence-electron chi connectivity index (χ0n) is 13.5. The summed E-state index contributed by atoms with van der Waals surface area (Å²) in [5, 5.41) is 11.5. The third-order valence-electron chi connectivity index (χ3n) is 4.47. The quantitative estimate of drug-likeness (QED) is 0.791. The van der Waals surface area contributed by atoms with Crippen molar-refractivity contribution < 1.29 is 4.79 Å². The first-order valence-corrected chi connectivity index (χ1v) is 8.43. The van der Waals surface area contributed by atoms with E-state index in [2.05, 4.69) is 25.1 Å². The molecule has 0 saturated carbocycles. The lowest BCUT2D eigenvalue weighted by Gasteiger charge is -2.08. The van der Waals surface area contributed by atoms with Gasteiger partial charge in [-0.2, -0.15) is 0 Å². The predicted molar refractivity (Wildman–Crippen MR) is 88.8 cm³/mol. The highest BCUT2D eigenvalue weighted by Gasteiger charge is 2.14. The highest BCUT2D eigenvalue weighted by molar-refractivity contribution is 5.94. The standard InChI is InChI=1S/C17H20N6O/c24-17(13-5-6-14-18-9-11-22(14)12-13)19-8-7-16-21-20-15-4-2-1-3-10-23(15)16/h5-6,9,11-12H,1-4,7-8,10H2,(H,19,24). The molecule has 124 valence electrons. The molecule has 0 saturated heterocycles. The summed E-state index contributed by atoms with van der Waals surface area (Å²) in [5.74, 6) is 1.97. The van der Waals surface area contributed by atoms with Crippen LogP contribution in [0.15, 0.2) is 30.7 Å². The Balaban J connectivity index is 1.38. The van der Waals surface area contributed by atoms with Crippen molar-refractivity contribution in [2.75, 3.05) is 6.54 Å². The predicted octanol–water partition coefficient (Wildman–Crippen LogP) is 1.62. The van der Waals surface area contributed by atoms with Crippen LogP contribution in [0.3, 0.4) is 0 Å². The van der Waals surface area contributed by atoms with E-state index in [0.29, 0.717) is 18.5 Å². The van der Waals surface area contributed by atoms with Gasteiger partial charge in [-0.15, -0.1) is 10.2 Å². The van der Waals surface area contributed by atoms with Gasteiger partial charge < -0.3 is 14.3 Å². The lowest BCUT2D eigenvalue weighted by Crippen LogP contribution is -2.26. The van der Waals surface area contributed by atoms with E-state index in [1.165, 1.54) is 19.3 Å². The molecule has 3 aromatic rings. The number of hydrogen-bond acceptors (Lipinski definition) is 4. The summed E-state index contributed by atoms with van der Waals surface area (Å²) < 4.78 is 4.06. The summed E-state index contributed by atoms with van der Waals surface area (Å²) >= 11 is 0. The van der Waals surface area contributed by atoms with Crippen LogP contribution < -0.4 is 5.32 Å². The van der Waals surface area contributed by atoms with Crippen molar-refractivity contribution >= 4 is 11.6 Å². The third-order valence-corrected chi connectivity index (χ3v) is 4.47. The summed E-state index contributed by atoms with van der Waals surface area (Å²) in [7, 11) is 0. The maximum absolute atomic E-state index is 12.3. The molecule has 24 heavy (non-hydrogen) atoms. The number of carbonyl (C=O) groups excluding carboxylic acids is 1. The van der Waals surface area contributed by atoms with E-state index in [9.17, 15) is 4.79 Å². The average Bonchev–Trinajstić information content (AvgIpc) is 3.15. The zero-order valence-corrected chi connectivity index (χ0v) is 13.5. The Kier molecular flexibility index (Phi) is 3.98. The van der Waals surface area contributed by atoms with Crippen LogP contribution in [-0.4, -0.2) is 36.6 Å². The monoisotopic (exact) mass is 324 g/mol. The van der Waals surface area contributed by atoms with Gasteiger partial charge in [0.15, 0.2) is 0 Å². The largest absolute Gasteiger partial charge is 0.352 e. The summed E-state index contributed by atoms with van der Waals surface area (Å²) in [4.78, 5) is 16.5. The molecule has 0 fully saturated rings. The molecule has 0 spiro atoms. The molecule has 4 rings (SSSR count). The van der Waals surface area contributed by atoms with E-state index < -0.39 is 0 Å². The Bertz CT molecular complexity index is 865. The van der Waals surface area contributed by atoms with Crippen molar-refractivity contribution in [3.05, 3.63) is 47.9 Å². The van der Waals surface area contributed by atoms with Crippen LogP contribution in [0.2, 0.25) is 0 Å². The minimum absolute atomic E-state index is 0.0822. The minimum Gasteiger partial charge on any atom is -0.352 e. The lowest BCUT2D eigenvalue weighted by atomic mass is 10.2. The maximum atomic E-state index is 12.3. The fourth-order valence-electron chi connectivity index (χ4n) is 3.17. The van der Waals surface area contributed by atoms with Crippen LogP contribution in [0.4, 0.5) is 0 Å². The van der Waals surface area contributed by atoms with Crippen LogP contribution >= 0.6 is 0 Å². The Labute approximate surface area is 139 Å². The Morgan fingerprint density at radius 3 is 3.12 bits per heavy atom. The molecule has 0 atom stereocenters. The minimum atomic E-state index is -0.0822. The number of hydrogen-bond donors (Lipinski definition) is 1. The second-order valence-corrected chi connectivity index (χ2v) is 6.11. The molecule has 0 bridgehead atoms. The van der Waals surface area contributed by atoms with Gasteiger partial charge in [0, 0.05) is 44.5 Å². The number of fused-ring (bicyclic) bond motifs is 2. The zero-order chi connectivity index (χ0) is 16.4. The second-order valence-electron chi connectivity index (χ2n) is 6.11. The lowest BCUT2D eigenvalue weighted by molar-refractivity contribution is 0.0953. The van der Waals surface area contributed by atoms with Gasteiger partial charge in [-0.25, -0.2) is 4.98 Å². The van der Waals surface area contributed by atoms with Crippen molar-refractivity contribution in [3.8, 4) is 0 Å². The number of pyridine rings is 1. The van der Waals surface area contributed by atoms with Gasteiger partial charge in [0.2, 0.25) is 0 Å². The van der Waals surface area contributed by atoms with Crippen LogP contribution in [0.5, 0.6) is 0 Å². The molecule has 7 heteroatoms. The smallest absolute Gasteiger partial charge is 0.252 e. The van der Waals surface area contributed by atoms with Crippen molar-refractivity contribution in [1.29, 1.82) is 0 Å². The summed E-state index contributed by atoms with van der Waals surface area (Å²) in [6.07, 6.45) is 10.7. The SMILES string of the molecule is O=C(NCCc1nnc2n1CCCCC2)c1ccc2nccn2c1. The van der Waals surface area contributed by atoms with Crippen LogP contribution in [-0.2, 0) is 19.4 Å². The van der Waals surface area contributed by atoms with E-state index in [0.717, 1.165) is 30.3 Å². The average molecular weight is 324 g/mol. The van der Waals surface area contributed by atoms with Crippen LogP contribution in [0, 0.1) is 0 Å². The van der Waals surface area contributed by atoms with Gasteiger partial charge in [-0.1, -0.05) is 6.42 Å². The summed E-state index contributed by atoms with van der Waals surface area (Å²) in [6.45, 7) is 1.54. The van der Waals surface area contributed by atoms with E-state index in [4.69, 9.17) is 0 Å². The molecule has 4 heterocycles. The number of nitrogens with one attached hydrogen (secondary N) is 1. The number of nitrogens with zero attached hydrogens (tertiary/aromatic N) is 5. The second kappa shape index (κ2) is 6.43. The Morgan fingerprint density at radius 1 is 1.21 bits per heavy atom. The van der Waals surface area contributed by atoms with E-state index in [1.54, 1.807) is 18.5 Å². The number of rotatable bonds is 4. The molecule has 0 radical (unpaired) electrons. The van der Waals surface area contributed by atoms with E-state index >= 15 is 0 Å². The number of imidazole rings is 1. The highest BCUT2D eigenvalue weighted by Crippen LogP contribution is 2.14. The summed E-state index contributed by atoms with van der Waals surface area (Å²) in [5.41, 5.74) is 1.46. The van der Waals surface area contributed by atoms with Crippen molar-refractivity contribution in [3.63, 3.8) is 0 Å². The van der Waals surface area contributed by atoms with Gasteiger partial charge in [-0.3, -0.25) is 4.79 Å². The van der Waals surface area contributed by atoms with Crippen LogP contribution in [0.1, 0.15) is 41.3 Å². The first-order chi connectivity index (χ1) is 11.8. The fraction of sp³-hybridized carbons (Fsp3) is 0.412. The van der Waals surface area contributed by atoms with Gasteiger partial charge in [0.1, 0.15) is 17.3 Å². The van der Waals surface area contributed by atoms with Crippen molar-refractivity contribution in [2.24, 2.45) is 0 Å². The molecule has 0 unspecified atom stereocenters. The number of carbonyl (C=O) groups is 1. The molecule has 1 aliphatic rings. The summed E-state index contributed by atoms with van der Waals surface area (Å²) in [6, 6.07) is 3.63. The van der Waals surface area contributed by atoms with E-state index in [-0.39, 0.29) is 5.91 Å². The molecular weight excluding hydrogens is 304 g/mol.